The molecule has 0 saturated heterocycles. The van der Waals surface area contributed by atoms with Gasteiger partial charge in [0.25, 0.3) is 0 Å². The summed E-state index contributed by atoms with van der Waals surface area (Å²) >= 11 is 0. The highest BCUT2D eigenvalue weighted by atomic mass is 32.3. The normalized spacial score (nSPS) is 13.4. The molecule has 0 radical (unpaired) electrons. The van der Waals surface area contributed by atoms with Gasteiger partial charge in [-0.3, -0.25) is 0 Å². The van der Waals surface area contributed by atoms with Gasteiger partial charge in [0.05, 0.1) is 0 Å². The van der Waals surface area contributed by atoms with Gasteiger partial charge in [-0.2, -0.15) is 16.8 Å². The minimum absolute atomic E-state index is 0.181. The average molecular weight is 798 g/mol. The molecule has 12 nitrogen and oxygen atoms in total. The van der Waals surface area contributed by atoms with Crippen LogP contribution in [0, 0.1) is 11.6 Å². The van der Waals surface area contributed by atoms with Crippen molar-refractivity contribution in [3.05, 3.63) is 109 Å². The summed E-state index contributed by atoms with van der Waals surface area (Å²) in [7, 11) is -26.5. The van der Waals surface area contributed by atoms with Gasteiger partial charge in [-0.25, -0.2) is 25.6 Å². The molecular weight excluding hydrogens is 781 g/mol. The van der Waals surface area contributed by atoms with E-state index in [4.69, 9.17) is 0 Å². The molecule has 0 unspecified atom stereocenters. The van der Waals surface area contributed by atoms with Crippen LogP contribution in [-0.2, 0) is 40.1 Å². The van der Waals surface area contributed by atoms with Crippen molar-refractivity contribution in [1.29, 1.82) is 0 Å². The average Bonchev–Trinajstić information content (AvgIpc) is 2.98. The Kier molecular flexibility index (Phi) is 10.3. The first-order chi connectivity index (χ1) is 22.9. The van der Waals surface area contributed by atoms with Crippen LogP contribution in [0.3, 0.4) is 0 Å². The first-order valence-electron chi connectivity index (χ1n) is 12.8. The predicted octanol–water partition coefficient (Wildman–Crippen LogP) is 3.72. The van der Waals surface area contributed by atoms with E-state index in [1.807, 2.05) is 0 Å². The van der Waals surface area contributed by atoms with Crippen molar-refractivity contribution in [3.8, 4) is 11.5 Å². The second-order valence-corrected chi connectivity index (χ2v) is 17.0. The predicted molar refractivity (Wildman–Crippen MR) is 151 cm³/mol. The summed E-state index contributed by atoms with van der Waals surface area (Å²) in [5.41, 5.74) is 0. The van der Waals surface area contributed by atoms with E-state index in [1.54, 1.807) is 0 Å². The molecule has 0 bridgehead atoms. The highest BCUT2D eigenvalue weighted by molar-refractivity contribution is 8.05. The Labute approximate surface area is 277 Å². The number of hydrogen-bond acceptors (Lipinski definition) is 10. The second kappa shape index (κ2) is 13.4. The number of hydrogen-bond donors (Lipinski definition) is 1. The number of benzene rings is 4. The van der Waals surface area contributed by atoms with Crippen LogP contribution >= 0.6 is 0 Å². The van der Waals surface area contributed by atoms with Gasteiger partial charge in [-0.15, -0.1) is 26.3 Å². The van der Waals surface area contributed by atoms with E-state index >= 15 is 8.78 Å². The molecule has 4 aromatic carbocycles. The van der Waals surface area contributed by atoms with Crippen molar-refractivity contribution in [2.24, 2.45) is 0 Å². The quantitative estimate of drug-likeness (QED) is 0.175. The molecule has 0 heterocycles. The van der Waals surface area contributed by atoms with Gasteiger partial charge >= 0.3 is 52.8 Å². The fourth-order valence-corrected chi connectivity index (χ4v) is 13.6. The Morgan fingerprint density at radius 3 is 1.04 bits per heavy atom. The van der Waals surface area contributed by atoms with Crippen molar-refractivity contribution in [3.63, 3.8) is 0 Å². The number of rotatable bonds is 11. The highest BCUT2D eigenvalue weighted by Gasteiger charge is 2.60. The number of alkyl halides is 6. The lowest BCUT2D eigenvalue weighted by molar-refractivity contribution is -0.721. The number of nitrogens with one attached hydrogen (secondary N) is 1. The number of para-hydroxylation sites is 2. The first-order valence-corrected chi connectivity index (χ1v) is 18.6. The molecule has 0 spiro atoms. The molecule has 0 aromatic heterocycles. The molecule has 0 fully saturated rings. The molecule has 0 amide bonds. The molecule has 0 aliphatic heterocycles. The van der Waals surface area contributed by atoms with Crippen LogP contribution in [0.4, 0.5) is 35.1 Å². The van der Waals surface area contributed by atoms with Crippen molar-refractivity contribution in [2.45, 2.75) is 32.3 Å². The van der Waals surface area contributed by atoms with E-state index in [2.05, 4.69) is 9.47 Å². The summed E-state index contributed by atoms with van der Waals surface area (Å²) in [5, 5.41) is 0. The summed E-state index contributed by atoms with van der Waals surface area (Å²) < 4.78 is 227. The van der Waals surface area contributed by atoms with Crippen LogP contribution in [0.1, 0.15) is 0 Å². The molecule has 0 aliphatic rings. The molecule has 4 aromatic rings. The molecule has 270 valence electrons. The van der Waals surface area contributed by atoms with Gasteiger partial charge in [-0.05, 0) is 52.4 Å². The van der Waals surface area contributed by atoms with Crippen molar-refractivity contribution < 1.29 is 82.1 Å². The van der Waals surface area contributed by atoms with E-state index in [9.17, 15) is 60.0 Å². The van der Waals surface area contributed by atoms with Gasteiger partial charge in [0, 0.05) is 0 Å². The molecule has 1 N–H and O–H groups in total. The molecular formula is C26H17F8N2O10S4+. The molecule has 50 heavy (non-hydrogen) atoms. The van der Waals surface area contributed by atoms with Crippen LogP contribution in [0.15, 0.2) is 117 Å². The summed E-state index contributed by atoms with van der Waals surface area (Å²) in [5.74, 6) is -7.31. The summed E-state index contributed by atoms with van der Waals surface area (Å²) in [6, 6.07) is 8.15. The Hall–Kier alpha value is -4.36. The van der Waals surface area contributed by atoms with Crippen LogP contribution in [0.2, 0.25) is 0 Å². The topological polar surface area (TPSA) is 163 Å². The summed E-state index contributed by atoms with van der Waals surface area (Å²) in [4.78, 5) is -7.41. The van der Waals surface area contributed by atoms with Gasteiger partial charge in [0.2, 0.25) is 0 Å². The van der Waals surface area contributed by atoms with Gasteiger partial charge in [-0.1, -0.05) is 48.5 Å². The monoisotopic (exact) mass is 797 g/mol. The minimum Gasteiger partial charge on any atom is -0.404 e. The van der Waals surface area contributed by atoms with Gasteiger partial charge in [0.15, 0.2) is 9.79 Å². The van der Waals surface area contributed by atoms with Gasteiger partial charge < -0.3 is 9.47 Å². The van der Waals surface area contributed by atoms with Gasteiger partial charge in [0.1, 0.15) is 36.7 Å². The van der Waals surface area contributed by atoms with E-state index in [1.165, 1.54) is 0 Å². The SMILES string of the molecule is O=S(=O)(c1ccccc1OC(F)(F)F)N([NH+](S(=O)(=O)c1ccccc1F)S(=O)(=O)c1ccccc1F)S(=O)(=O)c1ccccc1OC(F)(F)F. The molecule has 24 heteroatoms. The lowest BCUT2D eigenvalue weighted by atomic mass is 10.3. The molecule has 0 aliphatic carbocycles. The summed E-state index contributed by atoms with van der Waals surface area (Å²) in [6.45, 7) is 0. The lowest BCUT2D eigenvalue weighted by Crippen LogP contribution is -3.21. The van der Waals surface area contributed by atoms with Crippen LogP contribution in [-0.4, -0.2) is 50.2 Å². The van der Waals surface area contributed by atoms with Crippen LogP contribution in [0.25, 0.3) is 0 Å². The fraction of sp³-hybridized carbons (Fsp3) is 0.0769. The maximum absolute atomic E-state index is 15.0. The highest BCUT2D eigenvalue weighted by Crippen LogP contribution is 2.36. The fourth-order valence-electron chi connectivity index (χ4n) is 4.10. The zero-order chi connectivity index (χ0) is 37.5. The Balaban J connectivity index is 2.26. The number of halogens is 8. The third-order valence-electron chi connectivity index (χ3n) is 6.00. The Bertz CT molecular complexity index is 2210. The molecule has 0 atom stereocenters. The second-order valence-electron chi connectivity index (χ2n) is 9.33. The zero-order valence-corrected chi connectivity index (χ0v) is 27.2. The number of nitrogens with zero attached hydrogens (tertiary/aromatic N) is 1. The number of quaternary nitrogens is 1. The minimum atomic E-state index is -6.73. The summed E-state index contributed by atoms with van der Waals surface area (Å²) in [6.07, 6.45) is -11.5. The standard InChI is InChI=1S/C26H16F8N2O10S4/c27-17-9-1-5-13-21(17)47(37,38)35(48(39,40)22-14-6-2-10-18(22)28)36(49(41,42)23-15-7-3-11-19(23)45-25(29,30)31)50(43,44)24-16-8-4-12-20(24)46-26(32,33)34/h1-16H/p+1. The van der Waals surface area contributed by atoms with E-state index < -0.39 is 103 Å². The third-order valence-corrected chi connectivity index (χ3v) is 15.1. The van der Waals surface area contributed by atoms with E-state index in [0.717, 1.165) is 24.3 Å². The first kappa shape index (κ1) is 38.4. The van der Waals surface area contributed by atoms with Crippen LogP contribution < -0.4 is 13.3 Å². The molecule has 4 rings (SSSR count). The van der Waals surface area contributed by atoms with E-state index in [-0.39, 0.29) is 24.3 Å². The van der Waals surface area contributed by atoms with Crippen LogP contribution in [0.5, 0.6) is 11.5 Å². The maximum Gasteiger partial charge on any atom is 0.573 e. The van der Waals surface area contributed by atoms with Crippen molar-refractivity contribution in [2.75, 3.05) is 0 Å². The molecule has 0 saturated carbocycles. The Morgan fingerprint density at radius 2 is 0.740 bits per heavy atom. The maximum atomic E-state index is 15.0. The lowest BCUT2D eigenvalue weighted by Gasteiger charge is -2.28. The van der Waals surface area contributed by atoms with Crippen molar-refractivity contribution >= 4 is 40.1 Å². The zero-order valence-electron chi connectivity index (χ0n) is 23.9. The van der Waals surface area contributed by atoms with Crippen molar-refractivity contribution in [1.82, 2.24) is 3.82 Å². The van der Waals surface area contributed by atoms with E-state index in [0.29, 0.717) is 48.5 Å². The number of sulfonamides is 4. The number of ether oxygens (including phenoxy) is 2. The largest absolute Gasteiger partial charge is 0.573 e. The third kappa shape index (κ3) is 7.68. The smallest absolute Gasteiger partial charge is 0.404 e. The Morgan fingerprint density at radius 1 is 0.460 bits per heavy atom.